The Morgan fingerprint density at radius 1 is 1.29 bits per heavy atom. The Bertz CT molecular complexity index is 790. The van der Waals surface area contributed by atoms with Crippen LogP contribution in [0, 0.1) is 5.92 Å². The van der Waals surface area contributed by atoms with Crippen LogP contribution in [0.2, 0.25) is 0 Å². The molecule has 0 bridgehead atoms. The van der Waals surface area contributed by atoms with E-state index < -0.39 is 0 Å². The number of nitrogens with one attached hydrogen (secondary N) is 1. The van der Waals surface area contributed by atoms with E-state index in [0.29, 0.717) is 24.9 Å². The highest BCUT2D eigenvalue weighted by Crippen LogP contribution is 2.25. The van der Waals surface area contributed by atoms with Crippen LogP contribution in [0.1, 0.15) is 13.8 Å². The molecule has 9 heteroatoms. The standard InChI is InChI=1S/C19H27N5O2S2/c1-14(2)12-24-18(23-7-9-26-10-8-23)21-22-19(24)28-13-17(25)20-15-5-4-6-16(11-15)27-3/h4-6,11,14H,7-10,12-13H2,1-3H3,(H,20,25). The topological polar surface area (TPSA) is 72.3 Å². The van der Waals surface area contributed by atoms with Gasteiger partial charge < -0.3 is 15.0 Å². The fourth-order valence-corrected chi connectivity index (χ4v) is 4.14. The number of ether oxygens (including phenoxy) is 1. The summed E-state index contributed by atoms with van der Waals surface area (Å²) in [6.45, 7) is 8.19. The van der Waals surface area contributed by atoms with Crippen molar-refractivity contribution in [2.45, 2.75) is 30.4 Å². The molecule has 0 unspecified atom stereocenters. The van der Waals surface area contributed by atoms with E-state index >= 15 is 0 Å². The number of aromatic nitrogens is 3. The molecule has 1 saturated heterocycles. The largest absolute Gasteiger partial charge is 0.378 e. The van der Waals surface area contributed by atoms with Gasteiger partial charge in [-0.25, -0.2) is 0 Å². The first kappa shape index (κ1) is 21.0. The summed E-state index contributed by atoms with van der Waals surface area (Å²) in [4.78, 5) is 15.7. The molecule has 1 aliphatic heterocycles. The molecule has 1 N–H and O–H groups in total. The maximum Gasteiger partial charge on any atom is 0.234 e. The molecule has 0 saturated carbocycles. The summed E-state index contributed by atoms with van der Waals surface area (Å²) in [5, 5.41) is 12.5. The maximum absolute atomic E-state index is 12.4. The Hall–Kier alpha value is -1.71. The molecular formula is C19H27N5O2S2. The molecule has 1 fully saturated rings. The second kappa shape index (κ2) is 10.2. The van der Waals surface area contributed by atoms with Crippen molar-refractivity contribution in [3.63, 3.8) is 0 Å². The average Bonchev–Trinajstić information content (AvgIpc) is 3.09. The molecule has 1 aromatic heterocycles. The van der Waals surface area contributed by atoms with Gasteiger partial charge in [0, 0.05) is 30.2 Å². The molecule has 3 rings (SSSR count). The third-order valence-electron chi connectivity index (χ3n) is 4.22. The highest BCUT2D eigenvalue weighted by atomic mass is 32.2. The summed E-state index contributed by atoms with van der Waals surface area (Å²) in [6.07, 6.45) is 2.02. The van der Waals surface area contributed by atoms with E-state index in [1.165, 1.54) is 11.8 Å². The Morgan fingerprint density at radius 3 is 2.79 bits per heavy atom. The number of carbonyl (C=O) groups is 1. The molecule has 152 valence electrons. The van der Waals surface area contributed by atoms with Crippen molar-refractivity contribution in [1.82, 2.24) is 14.8 Å². The normalized spacial score (nSPS) is 14.5. The molecule has 1 aromatic carbocycles. The smallest absolute Gasteiger partial charge is 0.234 e. The zero-order valence-electron chi connectivity index (χ0n) is 16.6. The number of thioether (sulfide) groups is 2. The zero-order valence-corrected chi connectivity index (χ0v) is 18.2. The summed E-state index contributed by atoms with van der Waals surface area (Å²) >= 11 is 3.08. The van der Waals surface area contributed by atoms with E-state index in [-0.39, 0.29) is 5.91 Å². The predicted octanol–water partition coefficient (Wildman–Crippen LogP) is 3.22. The van der Waals surface area contributed by atoms with Gasteiger partial charge in [-0.05, 0) is 30.4 Å². The highest BCUT2D eigenvalue weighted by Gasteiger charge is 2.21. The van der Waals surface area contributed by atoms with Gasteiger partial charge >= 0.3 is 0 Å². The fourth-order valence-electron chi connectivity index (χ4n) is 2.94. The van der Waals surface area contributed by atoms with Crippen LogP contribution >= 0.6 is 23.5 Å². The Balaban J connectivity index is 1.65. The third kappa shape index (κ3) is 5.65. The van der Waals surface area contributed by atoms with Crippen LogP contribution in [-0.2, 0) is 16.1 Å². The lowest BCUT2D eigenvalue weighted by molar-refractivity contribution is -0.113. The summed E-state index contributed by atoms with van der Waals surface area (Å²) < 4.78 is 7.57. The van der Waals surface area contributed by atoms with Gasteiger partial charge in [0.25, 0.3) is 0 Å². The number of hydrogen-bond donors (Lipinski definition) is 1. The van der Waals surface area contributed by atoms with Crippen LogP contribution in [0.15, 0.2) is 34.3 Å². The van der Waals surface area contributed by atoms with Crippen LogP contribution in [0.25, 0.3) is 0 Å². The second-order valence-corrected chi connectivity index (χ2v) is 8.78. The average molecular weight is 422 g/mol. The first-order valence-electron chi connectivity index (χ1n) is 9.39. The van der Waals surface area contributed by atoms with Crippen LogP contribution in [-0.4, -0.2) is 59.0 Å². The van der Waals surface area contributed by atoms with Gasteiger partial charge in [-0.3, -0.25) is 9.36 Å². The second-order valence-electron chi connectivity index (χ2n) is 6.96. The molecule has 7 nitrogen and oxygen atoms in total. The fraction of sp³-hybridized carbons (Fsp3) is 0.526. The number of morpholine rings is 1. The van der Waals surface area contributed by atoms with Crippen LogP contribution in [0.5, 0.6) is 0 Å². The van der Waals surface area contributed by atoms with Crippen molar-refractivity contribution in [3.05, 3.63) is 24.3 Å². The Labute approximate surface area is 174 Å². The molecule has 2 heterocycles. The SMILES string of the molecule is CSc1cccc(NC(=O)CSc2nnc(N3CCOCC3)n2CC(C)C)c1. The minimum absolute atomic E-state index is 0.0460. The molecular weight excluding hydrogens is 394 g/mol. The maximum atomic E-state index is 12.4. The molecule has 0 aliphatic carbocycles. The van der Waals surface area contributed by atoms with Gasteiger partial charge in [-0.15, -0.1) is 22.0 Å². The number of rotatable bonds is 8. The zero-order chi connectivity index (χ0) is 19.9. The van der Waals surface area contributed by atoms with Crippen molar-refractivity contribution < 1.29 is 9.53 Å². The van der Waals surface area contributed by atoms with Gasteiger partial charge in [-0.1, -0.05) is 31.7 Å². The first-order valence-corrected chi connectivity index (χ1v) is 11.6. The lowest BCUT2D eigenvalue weighted by Gasteiger charge is -2.28. The number of carbonyl (C=O) groups excluding carboxylic acids is 1. The molecule has 2 aromatic rings. The summed E-state index contributed by atoms with van der Waals surface area (Å²) in [6, 6.07) is 7.85. The van der Waals surface area contributed by atoms with Crippen LogP contribution < -0.4 is 10.2 Å². The highest BCUT2D eigenvalue weighted by molar-refractivity contribution is 7.99. The molecule has 0 radical (unpaired) electrons. The quantitative estimate of drug-likeness (QED) is 0.656. The van der Waals surface area contributed by atoms with Crippen molar-refractivity contribution in [2.75, 3.05) is 48.5 Å². The van der Waals surface area contributed by atoms with Crippen LogP contribution in [0.3, 0.4) is 0 Å². The number of nitrogens with zero attached hydrogens (tertiary/aromatic N) is 4. The van der Waals surface area contributed by atoms with Crippen molar-refractivity contribution >= 4 is 41.1 Å². The van der Waals surface area contributed by atoms with Gasteiger partial charge in [-0.2, -0.15) is 0 Å². The van der Waals surface area contributed by atoms with E-state index in [1.54, 1.807) is 11.8 Å². The molecule has 0 atom stereocenters. The number of benzene rings is 1. The number of anilines is 2. The Morgan fingerprint density at radius 2 is 2.07 bits per heavy atom. The monoisotopic (exact) mass is 421 g/mol. The summed E-state index contributed by atoms with van der Waals surface area (Å²) in [5.41, 5.74) is 0.815. The summed E-state index contributed by atoms with van der Waals surface area (Å²) in [5.74, 6) is 1.57. The minimum Gasteiger partial charge on any atom is -0.378 e. The summed E-state index contributed by atoms with van der Waals surface area (Å²) in [7, 11) is 0. The molecule has 0 spiro atoms. The first-order chi connectivity index (χ1) is 13.6. The van der Waals surface area contributed by atoms with Crippen LogP contribution in [0.4, 0.5) is 11.6 Å². The lowest BCUT2D eigenvalue weighted by atomic mass is 10.2. The molecule has 1 aliphatic rings. The van der Waals surface area contributed by atoms with E-state index in [9.17, 15) is 4.79 Å². The van der Waals surface area contributed by atoms with E-state index in [2.05, 4.69) is 38.8 Å². The van der Waals surface area contributed by atoms with Gasteiger partial charge in [0.05, 0.1) is 19.0 Å². The number of amides is 1. The van der Waals surface area contributed by atoms with Crippen molar-refractivity contribution in [2.24, 2.45) is 5.92 Å². The van der Waals surface area contributed by atoms with E-state index in [0.717, 1.165) is 41.3 Å². The Kier molecular flexibility index (Phi) is 7.64. The third-order valence-corrected chi connectivity index (χ3v) is 5.92. The number of hydrogen-bond acceptors (Lipinski definition) is 7. The minimum atomic E-state index is -0.0460. The molecule has 28 heavy (non-hydrogen) atoms. The van der Waals surface area contributed by atoms with E-state index in [1.807, 2.05) is 30.5 Å². The van der Waals surface area contributed by atoms with Gasteiger partial charge in [0.1, 0.15) is 0 Å². The van der Waals surface area contributed by atoms with Crippen molar-refractivity contribution in [3.8, 4) is 0 Å². The van der Waals surface area contributed by atoms with E-state index in [4.69, 9.17) is 4.74 Å². The van der Waals surface area contributed by atoms with Crippen molar-refractivity contribution in [1.29, 1.82) is 0 Å². The van der Waals surface area contributed by atoms with Gasteiger partial charge in [0.15, 0.2) is 5.16 Å². The molecule has 1 amide bonds. The van der Waals surface area contributed by atoms with Gasteiger partial charge in [0.2, 0.25) is 11.9 Å². The lowest BCUT2D eigenvalue weighted by Crippen LogP contribution is -2.38. The predicted molar refractivity (Wildman–Crippen MR) is 115 cm³/mol.